The van der Waals surface area contributed by atoms with Gasteiger partial charge in [0.2, 0.25) is 0 Å². The summed E-state index contributed by atoms with van der Waals surface area (Å²) < 4.78 is 0.615. The van der Waals surface area contributed by atoms with Gasteiger partial charge < -0.3 is 35.9 Å². The van der Waals surface area contributed by atoms with Crippen LogP contribution in [0, 0.1) is 0 Å². The highest BCUT2D eigenvalue weighted by Crippen LogP contribution is 1.95. The number of quaternary nitrogens is 1. The molecule has 0 atom stereocenters. The molecule has 0 aromatic carbocycles. The van der Waals surface area contributed by atoms with Gasteiger partial charge in [-0.3, -0.25) is 0 Å². The van der Waals surface area contributed by atoms with E-state index in [4.69, 9.17) is 24.8 Å². The minimum atomic E-state index is 0. The summed E-state index contributed by atoms with van der Waals surface area (Å²) in [5.74, 6) is 0. The maximum absolute atomic E-state index is 4.89. The summed E-state index contributed by atoms with van der Waals surface area (Å²) in [6, 6.07) is 0. The van der Waals surface area contributed by atoms with Gasteiger partial charge in [-0.1, -0.05) is 18.2 Å². The van der Waals surface area contributed by atoms with Crippen molar-refractivity contribution in [2.45, 2.75) is 26.7 Å². The molecule has 0 saturated carbocycles. The lowest BCUT2D eigenvalue weighted by molar-refractivity contribution is 0.431. The van der Waals surface area contributed by atoms with E-state index in [0.29, 0.717) is 4.32 Å². The van der Waals surface area contributed by atoms with Crippen LogP contribution in [0.1, 0.15) is 26.7 Å². The smallest absolute Gasteiger partial charge is 0.0159 e. The highest BCUT2D eigenvalue weighted by Gasteiger charge is 1.95. The van der Waals surface area contributed by atoms with Crippen molar-refractivity contribution >= 4 is 29.2 Å². The van der Waals surface area contributed by atoms with E-state index in [-0.39, 0.29) is 6.15 Å². The van der Waals surface area contributed by atoms with Crippen LogP contribution in [-0.4, -0.2) is 22.3 Å². The molecular formula is C7H18N2S2. The number of hydrogen-bond acceptors (Lipinski definition) is 2. The van der Waals surface area contributed by atoms with Gasteiger partial charge in [0.05, 0.1) is 0 Å². The molecule has 0 rings (SSSR count). The lowest BCUT2D eigenvalue weighted by Gasteiger charge is -2.27. The van der Waals surface area contributed by atoms with Gasteiger partial charge in [0.1, 0.15) is 0 Å². The molecule has 0 amide bonds. The minimum Gasteiger partial charge on any atom is -0.411 e. The van der Waals surface area contributed by atoms with Crippen LogP contribution in [0.25, 0.3) is 0 Å². The van der Waals surface area contributed by atoms with E-state index in [0.717, 1.165) is 25.9 Å². The first kappa shape index (κ1) is 13.6. The highest BCUT2D eigenvalue weighted by atomic mass is 32.1. The topological polar surface area (TPSA) is 39.7 Å². The fourth-order valence-corrected chi connectivity index (χ4v) is 1.20. The van der Waals surface area contributed by atoms with Gasteiger partial charge in [-0.25, -0.2) is 0 Å². The van der Waals surface area contributed by atoms with Gasteiger partial charge in [-0.2, -0.15) is 0 Å². The van der Waals surface area contributed by atoms with Crippen LogP contribution in [0.3, 0.4) is 0 Å². The van der Waals surface area contributed by atoms with Crippen LogP contribution < -0.4 is 6.15 Å². The Morgan fingerprint density at radius 2 is 1.64 bits per heavy atom. The second kappa shape index (κ2) is 8.17. The molecule has 0 bridgehead atoms. The second-order valence-corrected chi connectivity index (χ2v) is 3.28. The third-order valence-corrected chi connectivity index (χ3v) is 1.76. The molecule has 4 heteroatoms. The second-order valence-electron chi connectivity index (χ2n) is 2.25. The maximum Gasteiger partial charge on any atom is 0.0159 e. The normalized spacial score (nSPS) is 8.55. The van der Waals surface area contributed by atoms with Crippen LogP contribution in [-0.2, 0) is 12.6 Å². The highest BCUT2D eigenvalue weighted by molar-refractivity contribution is 8.00. The van der Waals surface area contributed by atoms with E-state index < -0.39 is 0 Å². The van der Waals surface area contributed by atoms with Crippen molar-refractivity contribution in [1.82, 2.24) is 11.1 Å². The molecule has 0 heterocycles. The molecule has 4 N–H and O–H groups in total. The Bertz CT molecular complexity index is 101. The zero-order chi connectivity index (χ0) is 7.98. The monoisotopic (exact) mass is 194 g/mol. The molecule has 11 heavy (non-hydrogen) atoms. The first-order chi connectivity index (χ1) is 4.72. The first-order valence-electron chi connectivity index (χ1n) is 3.68. The first-order valence-corrected chi connectivity index (χ1v) is 4.50. The van der Waals surface area contributed by atoms with Crippen LogP contribution in [0.2, 0.25) is 0 Å². The molecule has 0 fully saturated rings. The van der Waals surface area contributed by atoms with Crippen molar-refractivity contribution in [3.05, 3.63) is 0 Å². The van der Waals surface area contributed by atoms with Gasteiger partial charge in [0.25, 0.3) is 0 Å². The standard InChI is InChI=1S/C7H15NS2.H3N/c1-3-5-8(6-4-2)7(9)10;/h3-6H2,1-2H3,(H,9,10);1H3. The fraction of sp³-hybridized carbons (Fsp3) is 0.857. The third kappa shape index (κ3) is 6.47. The lowest BCUT2D eigenvalue weighted by atomic mass is 10.4. The summed E-state index contributed by atoms with van der Waals surface area (Å²) in [6.07, 6.45) is 2.24. The SMILES string of the molecule is CCCN(CCC)C(=S)[S-].[NH4+]. The van der Waals surface area contributed by atoms with Gasteiger partial charge >= 0.3 is 0 Å². The van der Waals surface area contributed by atoms with Crippen LogP contribution >= 0.6 is 12.2 Å². The largest absolute Gasteiger partial charge is 0.411 e. The van der Waals surface area contributed by atoms with Crippen molar-refractivity contribution in [3.63, 3.8) is 0 Å². The average Bonchev–Trinajstić information content (AvgIpc) is 1.87. The Morgan fingerprint density at radius 1 is 1.27 bits per heavy atom. The maximum atomic E-state index is 4.89. The van der Waals surface area contributed by atoms with Crippen LogP contribution in [0.5, 0.6) is 0 Å². The summed E-state index contributed by atoms with van der Waals surface area (Å²) in [5.41, 5.74) is 0. The number of nitrogens with zero attached hydrogens (tertiary/aromatic N) is 1. The Hall–Kier alpha value is 0.0700. The summed E-state index contributed by atoms with van der Waals surface area (Å²) in [7, 11) is 0. The number of hydrogen-bond donors (Lipinski definition) is 1. The molecule has 0 saturated heterocycles. The Kier molecular flexibility index (Phi) is 10.1. The lowest BCUT2D eigenvalue weighted by Crippen LogP contribution is -2.29. The van der Waals surface area contributed by atoms with Gasteiger partial charge in [-0.15, -0.1) is 0 Å². The summed E-state index contributed by atoms with van der Waals surface area (Å²) >= 11 is 9.78. The van der Waals surface area contributed by atoms with E-state index in [2.05, 4.69) is 18.7 Å². The third-order valence-electron chi connectivity index (χ3n) is 1.25. The minimum absolute atomic E-state index is 0. The zero-order valence-corrected chi connectivity index (χ0v) is 9.23. The number of rotatable bonds is 4. The zero-order valence-electron chi connectivity index (χ0n) is 7.59. The Balaban J connectivity index is 0. The number of thiocarbonyl (C=S) groups is 1. The van der Waals surface area contributed by atoms with Crippen molar-refractivity contribution in [2.75, 3.05) is 13.1 Å². The van der Waals surface area contributed by atoms with E-state index in [9.17, 15) is 0 Å². The predicted octanol–water partition coefficient (Wildman–Crippen LogP) is 2.32. The average molecular weight is 194 g/mol. The van der Waals surface area contributed by atoms with Crippen molar-refractivity contribution in [3.8, 4) is 0 Å². The molecule has 0 radical (unpaired) electrons. The van der Waals surface area contributed by atoms with E-state index in [1.54, 1.807) is 0 Å². The quantitative estimate of drug-likeness (QED) is 0.551. The van der Waals surface area contributed by atoms with E-state index in [1.165, 1.54) is 0 Å². The van der Waals surface area contributed by atoms with Crippen molar-refractivity contribution in [2.24, 2.45) is 0 Å². The van der Waals surface area contributed by atoms with Gasteiger partial charge in [0, 0.05) is 13.1 Å². The van der Waals surface area contributed by atoms with E-state index >= 15 is 0 Å². The van der Waals surface area contributed by atoms with Gasteiger partial charge in [-0.05, 0) is 12.8 Å². The molecule has 0 aromatic heterocycles. The Labute approximate surface area is 80.3 Å². The summed E-state index contributed by atoms with van der Waals surface area (Å²) in [6.45, 7) is 6.29. The fourth-order valence-electron chi connectivity index (χ4n) is 0.834. The van der Waals surface area contributed by atoms with Crippen LogP contribution in [0.4, 0.5) is 0 Å². The van der Waals surface area contributed by atoms with E-state index in [1.807, 2.05) is 0 Å². The molecule has 2 nitrogen and oxygen atoms in total. The van der Waals surface area contributed by atoms with Crippen molar-refractivity contribution < 1.29 is 0 Å². The molecule has 0 aliphatic carbocycles. The van der Waals surface area contributed by atoms with Gasteiger partial charge in [0.15, 0.2) is 0 Å². The molecule has 0 spiro atoms. The summed E-state index contributed by atoms with van der Waals surface area (Å²) in [4.78, 5) is 2.07. The molecule has 0 unspecified atom stereocenters. The predicted molar refractivity (Wildman–Crippen MR) is 58.1 cm³/mol. The Morgan fingerprint density at radius 3 is 1.82 bits per heavy atom. The molecule has 0 aromatic rings. The molecule has 68 valence electrons. The molecular weight excluding hydrogens is 176 g/mol. The summed E-state index contributed by atoms with van der Waals surface area (Å²) in [5, 5.41) is 0. The molecule has 0 aliphatic heterocycles. The molecule has 0 aliphatic rings. The van der Waals surface area contributed by atoms with Crippen LogP contribution in [0.15, 0.2) is 0 Å². The van der Waals surface area contributed by atoms with Crippen molar-refractivity contribution in [1.29, 1.82) is 0 Å².